The van der Waals surface area contributed by atoms with Gasteiger partial charge >= 0.3 is 6.03 Å². The third kappa shape index (κ3) is 4.30. The summed E-state index contributed by atoms with van der Waals surface area (Å²) in [5.74, 6) is 0.712. The van der Waals surface area contributed by atoms with E-state index < -0.39 is 0 Å². The Bertz CT molecular complexity index is 727. The van der Waals surface area contributed by atoms with E-state index in [1.54, 1.807) is 12.0 Å². The highest BCUT2D eigenvalue weighted by molar-refractivity contribution is 5.90. The van der Waals surface area contributed by atoms with Gasteiger partial charge < -0.3 is 20.1 Å². The summed E-state index contributed by atoms with van der Waals surface area (Å²) >= 11 is 0. The maximum Gasteiger partial charge on any atom is 0.322 e. The third-order valence-electron chi connectivity index (χ3n) is 4.12. The Balaban J connectivity index is 2.19. The molecule has 1 aromatic heterocycles. The van der Waals surface area contributed by atoms with Crippen molar-refractivity contribution in [3.05, 3.63) is 41.2 Å². The van der Waals surface area contributed by atoms with Crippen LogP contribution in [0.3, 0.4) is 0 Å². The first-order valence-electron chi connectivity index (χ1n) is 8.34. The van der Waals surface area contributed by atoms with Gasteiger partial charge in [-0.15, -0.1) is 0 Å². The number of ether oxygens (including phenoxy) is 1. The average Bonchev–Trinajstić information content (AvgIpc) is 2.89. The van der Waals surface area contributed by atoms with Crippen molar-refractivity contribution in [2.45, 2.75) is 33.9 Å². The molecule has 2 aromatic rings. The van der Waals surface area contributed by atoms with Crippen LogP contribution >= 0.6 is 0 Å². The molecule has 7 heteroatoms. The monoisotopic (exact) mass is 346 g/mol. The number of hydrogen-bond acceptors (Lipinski definition) is 4. The van der Waals surface area contributed by atoms with E-state index in [1.807, 2.05) is 49.7 Å². The third-order valence-corrected chi connectivity index (χ3v) is 4.12. The fraction of sp³-hybridized carbons (Fsp3) is 0.444. The number of rotatable bonds is 7. The molecule has 1 aromatic carbocycles. The molecule has 0 aliphatic rings. The number of aromatic nitrogens is 2. The zero-order valence-corrected chi connectivity index (χ0v) is 15.2. The largest absolute Gasteiger partial charge is 0.496 e. The first kappa shape index (κ1) is 18.8. The molecule has 0 aliphatic carbocycles. The van der Waals surface area contributed by atoms with E-state index >= 15 is 0 Å². The Morgan fingerprint density at radius 3 is 2.68 bits per heavy atom. The molecule has 0 unspecified atom stereocenters. The lowest BCUT2D eigenvalue weighted by Crippen LogP contribution is -2.36. The van der Waals surface area contributed by atoms with Gasteiger partial charge in [0.2, 0.25) is 0 Å². The summed E-state index contributed by atoms with van der Waals surface area (Å²) in [7, 11) is 1.60. The van der Waals surface area contributed by atoms with Crippen LogP contribution in [0.2, 0.25) is 0 Å². The van der Waals surface area contributed by atoms with Gasteiger partial charge in [-0.3, -0.25) is 4.68 Å². The second kappa shape index (κ2) is 8.53. The number of para-hydroxylation sites is 1. The SMILES string of the molecule is CCn1nc(C)c(NC(=O)N(CCO)Cc2ccccc2OC)c1C. The molecule has 0 saturated heterocycles. The number of aliphatic hydroxyl groups excluding tert-OH is 1. The summed E-state index contributed by atoms with van der Waals surface area (Å²) in [6, 6.07) is 7.25. The number of aliphatic hydroxyl groups is 1. The summed E-state index contributed by atoms with van der Waals surface area (Å²) in [6.07, 6.45) is 0. The van der Waals surface area contributed by atoms with Crippen LogP contribution < -0.4 is 10.1 Å². The van der Waals surface area contributed by atoms with Crippen LogP contribution in [0, 0.1) is 13.8 Å². The Morgan fingerprint density at radius 2 is 2.08 bits per heavy atom. The van der Waals surface area contributed by atoms with Crippen molar-refractivity contribution >= 4 is 11.7 Å². The number of carbonyl (C=O) groups is 1. The fourth-order valence-corrected chi connectivity index (χ4v) is 2.78. The highest BCUT2D eigenvalue weighted by Gasteiger charge is 2.19. The number of nitrogens with zero attached hydrogens (tertiary/aromatic N) is 3. The minimum atomic E-state index is -0.276. The molecule has 0 bridgehead atoms. The van der Waals surface area contributed by atoms with Crippen LogP contribution in [-0.2, 0) is 13.1 Å². The Hall–Kier alpha value is -2.54. The Kier molecular flexibility index (Phi) is 6.41. The normalized spacial score (nSPS) is 10.6. The zero-order valence-electron chi connectivity index (χ0n) is 15.2. The first-order chi connectivity index (χ1) is 12.0. The smallest absolute Gasteiger partial charge is 0.322 e. The highest BCUT2D eigenvalue weighted by Crippen LogP contribution is 2.22. The molecule has 136 valence electrons. The molecule has 0 spiro atoms. The summed E-state index contributed by atoms with van der Waals surface area (Å²) in [6.45, 7) is 6.99. The van der Waals surface area contributed by atoms with Crippen molar-refractivity contribution in [3.8, 4) is 5.75 Å². The standard InChI is InChI=1S/C18H26N4O3/c1-5-22-14(3)17(13(2)20-22)19-18(24)21(10-11-23)12-15-8-6-7-9-16(15)25-4/h6-9,23H,5,10-12H2,1-4H3,(H,19,24). The summed E-state index contributed by atoms with van der Waals surface area (Å²) in [5.41, 5.74) is 3.28. The number of amides is 2. The topological polar surface area (TPSA) is 79.6 Å². The van der Waals surface area contributed by atoms with Crippen molar-refractivity contribution in [2.75, 3.05) is 25.6 Å². The number of benzene rings is 1. The minimum absolute atomic E-state index is 0.116. The molecule has 7 nitrogen and oxygen atoms in total. The quantitative estimate of drug-likeness (QED) is 0.807. The Morgan fingerprint density at radius 1 is 1.36 bits per heavy atom. The summed E-state index contributed by atoms with van der Waals surface area (Å²) in [5, 5.41) is 16.7. The van der Waals surface area contributed by atoms with Crippen molar-refractivity contribution in [1.82, 2.24) is 14.7 Å². The van der Waals surface area contributed by atoms with Crippen LogP contribution in [0.25, 0.3) is 0 Å². The van der Waals surface area contributed by atoms with E-state index in [2.05, 4.69) is 10.4 Å². The molecule has 2 N–H and O–H groups in total. The van der Waals surface area contributed by atoms with E-state index in [1.165, 1.54) is 0 Å². The molecule has 25 heavy (non-hydrogen) atoms. The molecule has 2 rings (SSSR count). The molecular formula is C18H26N4O3. The van der Waals surface area contributed by atoms with Gasteiger partial charge in [-0.1, -0.05) is 18.2 Å². The lowest BCUT2D eigenvalue weighted by atomic mass is 10.2. The molecular weight excluding hydrogens is 320 g/mol. The van der Waals surface area contributed by atoms with Gasteiger partial charge in [0.25, 0.3) is 0 Å². The molecule has 0 atom stereocenters. The van der Waals surface area contributed by atoms with Crippen LogP contribution in [0.15, 0.2) is 24.3 Å². The molecule has 0 radical (unpaired) electrons. The maximum atomic E-state index is 12.7. The van der Waals surface area contributed by atoms with Gasteiger partial charge in [-0.2, -0.15) is 5.10 Å². The van der Waals surface area contributed by atoms with Gasteiger partial charge in [0.15, 0.2) is 0 Å². The number of carbonyl (C=O) groups excluding carboxylic acids is 1. The fourth-order valence-electron chi connectivity index (χ4n) is 2.78. The lowest BCUT2D eigenvalue weighted by molar-refractivity contribution is 0.184. The van der Waals surface area contributed by atoms with Gasteiger partial charge in [0.1, 0.15) is 5.75 Å². The second-order valence-corrected chi connectivity index (χ2v) is 5.75. The number of urea groups is 1. The van der Waals surface area contributed by atoms with Gasteiger partial charge in [-0.25, -0.2) is 4.79 Å². The first-order valence-corrected chi connectivity index (χ1v) is 8.34. The molecule has 2 amide bonds. The predicted molar refractivity (Wildman–Crippen MR) is 96.9 cm³/mol. The minimum Gasteiger partial charge on any atom is -0.496 e. The van der Waals surface area contributed by atoms with Gasteiger partial charge in [0.05, 0.1) is 37.3 Å². The summed E-state index contributed by atoms with van der Waals surface area (Å²) in [4.78, 5) is 14.3. The number of hydrogen-bond donors (Lipinski definition) is 2. The van der Waals surface area contributed by atoms with E-state index in [0.29, 0.717) is 12.3 Å². The number of nitrogens with one attached hydrogen (secondary N) is 1. The summed E-state index contributed by atoms with van der Waals surface area (Å²) < 4.78 is 7.19. The Labute approximate surface area is 148 Å². The van der Waals surface area contributed by atoms with Crippen LogP contribution in [0.1, 0.15) is 23.9 Å². The highest BCUT2D eigenvalue weighted by atomic mass is 16.5. The maximum absolute atomic E-state index is 12.7. The van der Waals surface area contributed by atoms with Crippen LogP contribution in [0.5, 0.6) is 5.75 Å². The molecule has 0 aliphatic heterocycles. The van der Waals surface area contributed by atoms with Crippen molar-refractivity contribution in [1.29, 1.82) is 0 Å². The lowest BCUT2D eigenvalue weighted by Gasteiger charge is -2.23. The number of aryl methyl sites for hydroxylation is 2. The van der Waals surface area contributed by atoms with Gasteiger partial charge in [-0.05, 0) is 26.8 Å². The second-order valence-electron chi connectivity index (χ2n) is 5.75. The van der Waals surface area contributed by atoms with Crippen molar-refractivity contribution < 1.29 is 14.6 Å². The van der Waals surface area contributed by atoms with Crippen LogP contribution in [-0.4, -0.2) is 46.1 Å². The average molecular weight is 346 g/mol. The molecule has 0 fully saturated rings. The van der Waals surface area contributed by atoms with E-state index in [-0.39, 0.29) is 19.2 Å². The van der Waals surface area contributed by atoms with Crippen molar-refractivity contribution in [2.24, 2.45) is 0 Å². The predicted octanol–water partition coefficient (Wildman–Crippen LogP) is 2.55. The molecule has 1 heterocycles. The van der Waals surface area contributed by atoms with E-state index in [9.17, 15) is 9.90 Å². The van der Waals surface area contributed by atoms with Crippen molar-refractivity contribution in [3.63, 3.8) is 0 Å². The van der Waals surface area contributed by atoms with Gasteiger partial charge in [0, 0.05) is 18.7 Å². The number of methoxy groups -OCH3 is 1. The molecule has 0 saturated carbocycles. The zero-order chi connectivity index (χ0) is 18.4. The van der Waals surface area contributed by atoms with E-state index in [0.717, 1.165) is 29.2 Å². The number of anilines is 1. The van der Waals surface area contributed by atoms with Crippen LogP contribution in [0.4, 0.5) is 10.5 Å². The van der Waals surface area contributed by atoms with E-state index in [4.69, 9.17) is 4.74 Å².